The van der Waals surface area contributed by atoms with Crippen molar-refractivity contribution in [2.75, 3.05) is 0 Å². The first-order valence-electron chi connectivity index (χ1n) is 6.60. The number of nitriles is 1. The van der Waals surface area contributed by atoms with E-state index in [9.17, 15) is 4.39 Å². The molecule has 2 aromatic rings. The van der Waals surface area contributed by atoms with Crippen molar-refractivity contribution in [1.82, 2.24) is 4.98 Å². The minimum Gasteiger partial charge on any atom is -0.487 e. The molecule has 0 saturated carbocycles. The zero-order chi connectivity index (χ0) is 15.2. The highest BCUT2D eigenvalue weighted by Crippen LogP contribution is 2.15. The normalized spacial score (nSPS) is 11.7. The van der Waals surface area contributed by atoms with Crippen LogP contribution in [0.5, 0.6) is 5.75 Å². The Morgan fingerprint density at radius 1 is 1.38 bits per heavy atom. The predicted octanol–water partition coefficient (Wildman–Crippen LogP) is 2.56. The first-order valence-corrected chi connectivity index (χ1v) is 6.60. The van der Waals surface area contributed by atoms with Gasteiger partial charge in [0.1, 0.15) is 18.2 Å². The molecule has 0 radical (unpaired) electrons. The standard InChI is InChI=1S/C16H16FN3O/c1-11(19)6-14-4-5-15(9-20-14)21-10-13-3-2-12(8-18)7-16(13)17/h2-5,7,9,11H,6,10,19H2,1H3. The molecule has 1 atom stereocenters. The highest BCUT2D eigenvalue weighted by atomic mass is 19.1. The molecule has 0 saturated heterocycles. The quantitative estimate of drug-likeness (QED) is 0.916. The number of nitrogens with two attached hydrogens (primary N) is 1. The van der Waals surface area contributed by atoms with E-state index >= 15 is 0 Å². The van der Waals surface area contributed by atoms with Gasteiger partial charge in [0.05, 0.1) is 17.8 Å². The van der Waals surface area contributed by atoms with Crippen LogP contribution in [0.4, 0.5) is 4.39 Å². The second-order valence-electron chi connectivity index (χ2n) is 4.87. The molecule has 4 nitrogen and oxygen atoms in total. The summed E-state index contributed by atoms with van der Waals surface area (Å²) in [6, 6.07) is 9.87. The van der Waals surface area contributed by atoms with Gasteiger partial charge in [-0.25, -0.2) is 4.39 Å². The van der Waals surface area contributed by atoms with Crippen LogP contribution in [0.2, 0.25) is 0 Å². The molecule has 0 aliphatic rings. The van der Waals surface area contributed by atoms with E-state index in [1.165, 1.54) is 6.07 Å². The Balaban J connectivity index is 1.98. The van der Waals surface area contributed by atoms with E-state index in [2.05, 4.69) is 4.98 Å². The van der Waals surface area contributed by atoms with Crippen LogP contribution >= 0.6 is 0 Å². The molecule has 21 heavy (non-hydrogen) atoms. The summed E-state index contributed by atoms with van der Waals surface area (Å²) < 4.78 is 19.2. The lowest BCUT2D eigenvalue weighted by molar-refractivity contribution is 0.298. The highest BCUT2D eigenvalue weighted by Gasteiger charge is 2.05. The first-order chi connectivity index (χ1) is 10.1. The number of nitrogens with zero attached hydrogens (tertiary/aromatic N) is 2. The van der Waals surface area contributed by atoms with Crippen molar-refractivity contribution in [3.05, 3.63) is 59.2 Å². The number of ether oxygens (including phenoxy) is 1. The third-order valence-electron chi connectivity index (χ3n) is 2.91. The molecule has 1 heterocycles. The predicted molar refractivity (Wildman–Crippen MR) is 77.0 cm³/mol. The van der Waals surface area contributed by atoms with Crippen LogP contribution in [0.15, 0.2) is 36.5 Å². The van der Waals surface area contributed by atoms with Crippen molar-refractivity contribution in [3.63, 3.8) is 0 Å². The van der Waals surface area contributed by atoms with Gasteiger partial charge in [0.2, 0.25) is 0 Å². The summed E-state index contributed by atoms with van der Waals surface area (Å²) in [6.07, 6.45) is 2.30. The van der Waals surface area contributed by atoms with Crippen LogP contribution in [0, 0.1) is 17.1 Å². The van der Waals surface area contributed by atoms with Gasteiger partial charge in [0, 0.05) is 23.7 Å². The topological polar surface area (TPSA) is 71.9 Å². The van der Waals surface area contributed by atoms with Gasteiger partial charge in [-0.3, -0.25) is 4.98 Å². The Labute approximate surface area is 123 Å². The van der Waals surface area contributed by atoms with Crippen molar-refractivity contribution >= 4 is 0 Å². The summed E-state index contributed by atoms with van der Waals surface area (Å²) in [6.45, 7) is 2.01. The number of pyridine rings is 1. The van der Waals surface area contributed by atoms with Crippen molar-refractivity contribution in [1.29, 1.82) is 5.26 Å². The zero-order valence-corrected chi connectivity index (χ0v) is 11.7. The zero-order valence-electron chi connectivity index (χ0n) is 11.7. The average molecular weight is 285 g/mol. The molecule has 1 unspecified atom stereocenters. The Hall–Kier alpha value is -2.45. The number of hydrogen-bond donors (Lipinski definition) is 1. The maximum atomic E-state index is 13.7. The fourth-order valence-electron chi connectivity index (χ4n) is 1.84. The van der Waals surface area contributed by atoms with E-state index in [1.807, 2.05) is 19.1 Å². The SMILES string of the molecule is CC(N)Cc1ccc(OCc2ccc(C#N)cc2F)cn1. The number of benzene rings is 1. The molecule has 1 aromatic carbocycles. The second-order valence-corrected chi connectivity index (χ2v) is 4.87. The third kappa shape index (κ3) is 4.26. The van der Waals surface area contributed by atoms with Gasteiger partial charge >= 0.3 is 0 Å². The van der Waals surface area contributed by atoms with E-state index in [-0.39, 0.29) is 18.2 Å². The average Bonchev–Trinajstić information content (AvgIpc) is 2.47. The Morgan fingerprint density at radius 3 is 2.76 bits per heavy atom. The summed E-state index contributed by atoms with van der Waals surface area (Å²) in [7, 11) is 0. The third-order valence-corrected chi connectivity index (χ3v) is 2.91. The smallest absolute Gasteiger partial charge is 0.138 e. The number of halogens is 1. The summed E-state index contributed by atoms with van der Waals surface area (Å²) in [4.78, 5) is 4.24. The maximum absolute atomic E-state index is 13.7. The lowest BCUT2D eigenvalue weighted by Gasteiger charge is -2.08. The maximum Gasteiger partial charge on any atom is 0.138 e. The monoisotopic (exact) mass is 285 g/mol. The van der Waals surface area contributed by atoms with Gasteiger partial charge in [0.15, 0.2) is 0 Å². The highest BCUT2D eigenvalue weighted by molar-refractivity contribution is 5.33. The molecule has 1 aromatic heterocycles. The van der Waals surface area contributed by atoms with Gasteiger partial charge in [-0.15, -0.1) is 0 Å². The summed E-state index contributed by atoms with van der Waals surface area (Å²) >= 11 is 0. The summed E-state index contributed by atoms with van der Waals surface area (Å²) in [5.74, 6) is 0.114. The summed E-state index contributed by atoms with van der Waals surface area (Å²) in [5.41, 5.74) is 7.28. The van der Waals surface area contributed by atoms with Crippen molar-refractivity contribution in [3.8, 4) is 11.8 Å². The van der Waals surface area contributed by atoms with Crippen molar-refractivity contribution in [2.45, 2.75) is 26.0 Å². The van der Waals surface area contributed by atoms with Gasteiger partial charge in [-0.1, -0.05) is 6.07 Å². The van der Waals surface area contributed by atoms with E-state index < -0.39 is 5.82 Å². The molecule has 5 heteroatoms. The second kappa shape index (κ2) is 6.82. The Morgan fingerprint density at radius 2 is 2.19 bits per heavy atom. The van der Waals surface area contributed by atoms with E-state index in [0.717, 1.165) is 5.69 Å². The fraction of sp³-hybridized carbons (Fsp3) is 0.250. The molecule has 2 rings (SSSR count). The van der Waals surface area contributed by atoms with Gasteiger partial charge < -0.3 is 10.5 Å². The van der Waals surface area contributed by atoms with Gasteiger partial charge in [-0.2, -0.15) is 5.26 Å². The number of aromatic nitrogens is 1. The first kappa shape index (κ1) is 14.9. The fourth-order valence-corrected chi connectivity index (χ4v) is 1.84. The molecule has 0 aliphatic heterocycles. The van der Waals surface area contributed by atoms with E-state index in [1.54, 1.807) is 24.4 Å². The molecule has 0 spiro atoms. The molecule has 0 bridgehead atoms. The van der Waals surface area contributed by atoms with Crippen molar-refractivity contribution < 1.29 is 9.13 Å². The van der Waals surface area contributed by atoms with Crippen LogP contribution in [0.25, 0.3) is 0 Å². The summed E-state index contributed by atoms with van der Waals surface area (Å²) in [5, 5.41) is 8.68. The lowest BCUT2D eigenvalue weighted by Crippen LogP contribution is -2.18. The molecular formula is C16H16FN3O. The molecule has 0 fully saturated rings. The van der Waals surface area contributed by atoms with Crippen molar-refractivity contribution in [2.24, 2.45) is 5.73 Å². The Kier molecular flexibility index (Phi) is 4.85. The van der Waals surface area contributed by atoms with Crippen LogP contribution < -0.4 is 10.5 Å². The van der Waals surface area contributed by atoms with E-state index in [0.29, 0.717) is 17.7 Å². The van der Waals surface area contributed by atoms with Gasteiger partial charge in [0.25, 0.3) is 0 Å². The molecule has 0 aliphatic carbocycles. The molecule has 2 N–H and O–H groups in total. The van der Waals surface area contributed by atoms with E-state index in [4.69, 9.17) is 15.7 Å². The largest absolute Gasteiger partial charge is 0.487 e. The van der Waals surface area contributed by atoms with Crippen LogP contribution in [-0.2, 0) is 13.0 Å². The van der Waals surface area contributed by atoms with Crippen LogP contribution in [0.1, 0.15) is 23.7 Å². The minimum absolute atomic E-state index is 0.0528. The molecular weight excluding hydrogens is 269 g/mol. The number of rotatable bonds is 5. The molecule has 108 valence electrons. The van der Waals surface area contributed by atoms with Crippen LogP contribution in [-0.4, -0.2) is 11.0 Å². The lowest BCUT2D eigenvalue weighted by atomic mass is 10.1. The Bertz CT molecular complexity index is 648. The van der Waals surface area contributed by atoms with Crippen LogP contribution in [0.3, 0.4) is 0 Å². The number of hydrogen-bond acceptors (Lipinski definition) is 4. The molecule has 0 amide bonds. The van der Waals surface area contributed by atoms with Gasteiger partial charge in [-0.05, 0) is 31.2 Å². The minimum atomic E-state index is -0.449.